The molecule has 30 heavy (non-hydrogen) atoms. The van der Waals surface area contributed by atoms with Crippen LogP contribution in [0.15, 0.2) is 63.2 Å². The lowest BCUT2D eigenvalue weighted by Gasteiger charge is -2.10. The molecule has 1 heterocycles. The molecular weight excluding hydrogens is 406 g/mol. The monoisotopic (exact) mass is 423 g/mol. The predicted octanol–water partition coefficient (Wildman–Crippen LogP) is 2.51. The largest absolute Gasteiger partial charge is 0.497 e. The van der Waals surface area contributed by atoms with Crippen LogP contribution in [0.1, 0.15) is 16.8 Å². The van der Waals surface area contributed by atoms with Crippen LogP contribution < -0.4 is 15.1 Å². The minimum Gasteiger partial charge on any atom is -0.497 e. The van der Waals surface area contributed by atoms with Gasteiger partial charge in [-0.05, 0) is 48.9 Å². The summed E-state index contributed by atoms with van der Waals surface area (Å²) in [6.07, 6.45) is 1.42. The van der Waals surface area contributed by atoms with Gasteiger partial charge in [0.1, 0.15) is 17.5 Å². The van der Waals surface area contributed by atoms with Crippen molar-refractivity contribution in [1.82, 2.24) is 9.97 Å². The number of nitrogens with one attached hydrogen (secondary N) is 2. The number of aryl methyl sites for hydroxylation is 1. The molecule has 0 spiro atoms. The Morgan fingerprint density at radius 3 is 2.43 bits per heavy atom. The predicted molar refractivity (Wildman–Crippen MR) is 112 cm³/mol. The highest BCUT2D eigenvalue weighted by molar-refractivity contribution is 7.92. The Bertz CT molecular complexity index is 1290. The molecule has 3 aromatic rings. The molecule has 0 saturated heterocycles. The van der Waals surface area contributed by atoms with Gasteiger partial charge in [0, 0.05) is 6.21 Å². The Balaban J connectivity index is 2.02. The Kier molecular flexibility index (Phi) is 5.94. The normalized spacial score (nSPS) is 11.2. The van der Waals surface area contributed by atoms with E-state index < -0.39 is 15.7 Å². The molecule has 1 aromatic heterocycles. The average molecular weight is 423 g/mol. The second-order valence-corrected chi connectivity index (χ2v) is 7.86. The highest BCUT2D eigenvalue weighted by Gasteiger charge is 2.20. The number of methoxy groups -OCH3 is 1. The van der Waals surface area contributed by atoms with Gasteiger partial charge in [-0.1, -0.05) is 17.7 Å². The molecule has 9 nitrogen and oxygen atoms in total. The van der Waals surface area contributed by atoms with Gasteiger partial charge in [0.2, 0.25) is 0 Å². The third-order valence-corrected chi connectivity index (χ3v) is 5.39. The number of aromatic amines is 1. The van der Waals surface area contributed by atoms with Crippen LogP contribution in [0.3, 0.4) is 0 Å². The first kappa shape index (κ1) is 20.8. The molecule has 0 unspecified atom stereocenters. The fourth-order valence-corrected chi connectivity index (χ4v) is 3.49. The molecule has 0 fully saturated rings. The van der Waals surface area contributed by atoms with Gasteiger partial charge < -0.3 is 4.74 Å². The van der Waals surface area contributed by atoms with Gasteiger partial charge in [0.25, 0.3) is 10.0 Å². The summed E-state index contributed by atoms with van der Waals surface area (Å²) in [5.74, 6) is 0.308. The van der Waals surface area contributed by atoms with E-state index in [0.717, 1.165) is 5.56 Å². The summed E-state index contributed by atoms with van der Waals surface area (Å²) >= 11 is 0. The Labute approximate surface area is 172 Å². The highest BCUT2D eigenvalue weighted by atomic mass is 32.2. The van der Waals surface area contributed by atoms with Gasteiger partial charge in [-0.15, -0.1) is 0 Å². The van der Waals surface area contributed by atoms with E-state index in [2.05, 4.69) is 19.7 Å². The average Bonchev–Trinajstić information content (AvgIpc) is 2.73. The van der Waals surface area contributed by atoms with Crippen LogP contribution in [0.25, 0.3) is 0 Å². The summed E-state index contributed by atoms with van der Waals surface area (Å²) in [4.78, 5) is 21.9. The first-order chi connectivity index (χ1) is 14.3. The van der Waals surface area contributed by atoms with Crippen molar-refractivity contribution < 1.29 is 13.2 Å². The summed E-state index contributed by atoms with van der Waals surface area (Å²) < 4.78 is 32.8. The molecule has 3 rings (SSSR count). The Morgan fingerprint density at radius 1 is 1.17 bits per heavy atom. The summed E-state index contributed by atoms with van der Waals surface area (Å²) in [5, 5.41) is 9.36. The van der Waals surface area contributed by atoms with E-state index in [4.69, 9.17) is 4.74 Å². The number of benzene rings is 2. The topological polar surface area (TPSA) is 137 Å². The van der Waals surface area contributed by atoms with Gasteiger partial charge in [0.15, 0.2) is 11.5 Å². The van der Waals surface area contributed by atoms with Gasteiger partial charge in [-0.2, -0.15) is 10.2 Å². The van der Waals surface area contributed by atoms with Crippen molar-refractivity contribution in [2.75, 3.05) is 11.8 Å². The lowest BCUT2D eigenvalue weighted by atomic mass is 10.2. The van der Waals surface area contributed by atoms with Crippen molar-refractivity contribution in [3.05, 3.63) is 75.8 Å². The molecule has 0 amide bonds. The van der Waals surface area contributed by atoms with Gasteiger partial charge >= 0.3 is 5.69 Å². The minimum atomic E-state index is -4.05. The highest BCUT2D eigenvalue weighted by Crippen LogP contribution is 2.26. The van der Waals surface area contributed by atoms with Crippen molar-refractivity contribution in [2.45, 2.75) is 11.8 Å². The molecule has 0 saturated carbocycles. The molecule has 152 valence electrons. The van der Waals surface area contributed by atoms with Crippen LogP contribution in [0.4, 0.5) is 11.5 Å². The molecule has 0 aliphatic rings. The zero-order valence-electron chi connectivity index (χ0n) is 16.1. The second kappa shape index (κ2) is 8.59. The first-order valence-corrected chi connectivity index (χ1v) is 10.1. The number of nitriles is 1. The van der Waals surface area contributed by atoms with Crippen LogP contribution in [0.5, 0.6) is 5.75 Å². The van der Waals surface area contributed by atoms with Gasteiger partial charge in [-0.25, -0.2) is 18.2 Å². The number of nitrogens with zero attached hydrogens (tertiary/aromatic N) is 3. The van der Waals surface area contributed by atoms with Crippen LogP contribution in [0.2, 0.25) is 0 Å². The fourth-order valence-electron chi connectivity index (χ4n) is 2.48. The number of anilines is 1. The van der Waals surface area contributed by atoms with Crippen molar-refractivity contribution in [3.63, 3.8) is 0 Å². The molecular formula is C20H17N5O4S. The van der Waals surface area contributed by atoms with Crippen LogP contribution in [-0.2, 0) is 10.0 Å². The molecule has 10 heteroatoms. The molecule has 0 radical (unpaired) electrons. The fraction of sp³-hybridized carbons (Fsp3) is 0.100. The number of rotatable bonds is 6. The van der Waals surface area contributed by atoms with E-state index in [1.54, 1.807) is 49.6 Å². The van der Waals surface area contributed by atoms with Crippen LogP contribution >= 0.6 is 0 Å². The zero-order valence-corrected chi connectivity index (χ0v) is 16.9. The summed E-state index contributed by atoms with van der Waals surface area (Å²) in [5.41, 5.74) is 0.347. The maximum atomic E-state index is 12.7. The Hall–Kier alpha value is -3.97. The summed E-state index contributed by atoms with van der Waals surface area (Å²) in [6, 6.07) is 14.8. The molecule has 2 aromatic carbocycles. The SMILES string of the molecule is COc1ccc(C=Nc2c(NS(=O)(=O)c3ccc(C)cc3)nc(=O)[nH]c2C#N)cc1. The molecule has 0 bridgehead atoms. The number of aromatic nitrogens is 2. The maximum absolute atomic E-state index is 12.7. The molecule has 2 N–H and O–H groups in total. The van der Waals surface area contributed by atoms with E-state index in [9.17, 15) is 18.5 Å². The van der Waals surface area contributed by atoms with Gasteiger partial charge in [0.05, 0.1) is 12.0 Å². The number of aliphatic imine (C=N–C) groups is 1. The quantitative estimate of drug-likeness (QED) is 0.584. The van der Waals surface area contributed by atoms with Crippen molar-refractivity contribution in [3.8, 4) is 11.8 Å². The smallest absolute Gasteiger partial charge is 0.348 e. The first-order valence-electron chi connectivity index (χ1n) is 8.64. The third-order valence-electron chi connectivity index (χ3n) is 4.04. The standard InChI is InChI=1S/C20H17N5O4S/c1-13-3-9-16(10-4-13)30(27,28)25-19-18(17(11-21)23-20(26)24-19)22-12-14-5-7-15(29-2)8-6-14/h3-10,12H,1-2H3,(H2,23,24,25,26). The van der Waals surface area contributed by atoms with E-state index in [1.165, 1.54) is 18.3 Å². The number of ether oxygens (including phenoxy) is 1. The van der Waals surface area contributed by atoms with E-state index in [0.29, 0.717) is 11.3 Å². The van der Waals surface area contributed by atoms with Crippen LogP contribution in [-0.4, -0.2) is 31.7 Å². The summed E-state index contributed by atoms with van der Waals surface area (Å²) in [7, 11) is -2.51. The van der Waals surface area contributed by atoms with E-state index >= 15 is 0 Å². The van der Waals surface area contributed by atoms with Crippen molar-refractivity contribution in [2.24, 2.45) is 4.99 Å². The summed E-state index contributed by atoms with van der Waals surface area (Å²) in [6.45, 7) is 1.83. The molecule has 0 aliphatic heterocycles. The van der Waals surface area contributed by atoms with E-state index in [-0.39, 0.29) is 22.1 Å². The third kappa shape index (κ3) is 4.71. The Morgan fingerprint density at radius 2 is 1.83 bits per heavy atom. The minimum absolute atomic E-state index is 0.0150. The van der Waals surface area contributed by atoms with Crippen LogP contribution in [0, 0.1) is 18.3 Å². The number of hydrogen-bond donors (Lipinski definition) is 2. The lowest BCUT2D eigenvalue weighted by molar-refractivity contribution is 0.415. The zero-order chi connectivity index (χ0) is 21.7. The molecule has 0 aliphatic carbocycles. The number of hydrogen-bond acceptors (Lipinski definition) is 7. The van der Waals surface area contributed by atoms with Gasteiger partial charge in [-0.3, -0.25) is 9.71 Å². The van der Waals surface area contributed by atoms with E-state index in [1.807, 2.05) is 6.92 Å². The second-order valence-electron chi connectivity index (χ2n) is 6.18. The lowest BCUT2D eigenvalue weighted by Crippen LogP contribution is -2.20. The van der Waals surface area contributed by atoms with Crippen molar-refractivity contribution >= 4 is 27.7 Å². The maximum Gasteiger partial charge on any atom is 0.348 e. The number of sulfonamides is 1. The molecule has 0 atom stereocenters. The number of H-pyrrole nitrogens is 1. The van der Waals surface area contributed by atoms with Crippen molar-refractivity contribution in [1.29, 1.82) is 5.26 Å².